The molecule has 0 unspecified atom stereocenters. The lowest BCUT2D eigenvalue weighted by molar-refractivity contribution is 0.102. The number of hydrogen-bond acceptors (Lipinski definition) is 5. The molecule has 0 aliphatic rings. The van der Waals surface area contributed by atoms with Crippen molar-refractivity contribution in [2.24, 2.45) is 0 Å². The van der Waals surface area contributed by atoms with E-state index in [1.807, 2.05) is 30.3 Å². The van der Waals surface area contributed by atoms with E-state index in [1.165, 1.54) is 4.80 Å². The van der Waals surface area contributed by atoms with Gasteiger partial charge in [-0.1, -0.05) is 29.8 Å². The van der Waals surface area contributed by atoms with Crippen molar-refractivity contribution in [2.75, 3.05) is 5.32 Å². The molecule has 0 fully saturated rings. The normalized spacial score (nSPS) is 10.6. The summed E-state index contributed by atoms with van der Waals surface area (Å²) < 4.78 is 5.78. The molecule has 7 nitrogen and oxygen atoms in total. The molecule has 0 bridgehead atoms. The Morgan fingerprint density at radius 2 is 1.97 bits per heavy atom. The molecule has 0 saturated heterocycles. The van der Waals surface area contributed by atoms with Gasteiger partial charge < -0.3 is 10.1 Å². The molecule has 0 aliphatic heterocycles. The SMILES string of the molecule is Cc1nn(-c2cccc(Cl)c2)nc1C(=O)Nc1cccc(OCc2cccnc2)c1. The van der Waals surface area contributed by atoms with Gasteiger partial charge in [-0.2, -0.15) is 9.90 Å². The summed E-state index contributed by atoms with van der Waals surface area (Å²) in [5.41, 5.74) is 2.98. The predicted octanol–water partition coefficient (Wildman–Crippen LogP) is 4.46. The Labute approximate surface area is 178 Å². The van der Waals surface area contributed by atoms with Crippen molar-refractivity contribution in [3.63, 3.8) is 0 Å². The summed E-state index contributed by atoms with van der Waals surface area (Å²) in [5.74, 6) is 0.279. The van der Waals surface area contributed by atoms with Gasteiger partial charge in [0.2, 0.25) is 0 Å². The third kappa shape index (κ3) is 4.64. The molecule has 2 heterocycles. The van der Waals surface area contributed by atoms with Crippen LogP contribution in [0.3, 0.4) is 0 Å². The van der Waals surface area contributed by atoms with E-state index in [4.69, 9.17) is 16.3 Å². The van der Waals surface area contributed by atoms with Crippen LogP contribution >= 0.6 is 11.6 Å². The topological polar surface area (TPSA) is 81.9 Å². The lowest BCUT2D eigenvalue weighted by Gasteiger charge is -2.08. The maximum atomic E-state index is 12.7. The zero-order chi connectivity index (χ0) is 20.9. The van der Waals surface area contributed by atoms with Crippen LogP contribution in [0.25, 0.3) is 5.69 Å². The molecule has 150 valence electrons. The Morgan fingerprint density at radius 3 is 2.77 bits per heavy atom. The number of ether oxygens (including phenoxy) is 1. The van der Waals surface area contributed by atoms with Gasteiger partial charge in [-0.15, -0.1) is 5.10 Å². The summed E-state index contributed by atoms with van der Waals surface area (Å²) in [6.45, 7) is 2.12. The maximum Gasteiger partial charge on any atom is 0.278 e. The molecule has 8 heteroatoms. The second kappa shape index (κ2) is 8.75. The lowest BCUT2D eigenvalue weighted by atomic mass is 10.2. The molecule has 0 aliphatic carbocycles. The van der Waals surface area contributed by atoms with Crippen LogP contribution in [0.4, 0.5) is 5.69 Å². The van der Waals surface area contributed by atoms with Crippen LogP contribution < -0.4 is 10.1 Å². The standard InChI is InChI=1S/C22H18ClN5O2/c1-15-21(27-28(26-15)19-8-2-6-17(23)11-19)22(29)25-18-7-3-9-20(12-18)30-14-16-5-4-10-24-13-16/h2-13H,14H2,1H3,(H,25,29). The largest absolute Gasteiger partial charge is 0.489 e. The number of amides is 1. The van der Waals surface area contributed by atoms with Crippen molar-refractivity contribution in [2.45, 2.75) is 13.5 Å². The van der Waals surface area contributed by atoms with E-state index in [1.54, 1.807) is 49.6 Å². The Hall–Kier alpha value is -3.71. The first-order valence-corrected chi connectivity index (χ1v) is 9.59. The number of halogens is 1. The molecule has 2 aromatic heterocycles. The summed E-state index contributed by atoms with van der Waals surface area (Å²) in [5, 5.41) is 12.0. The maximum absolute atomic E-state index is 12.7. The molecule has 1 N–H and O–H groups in total. The first-order chi connectivity index (χ1) is 14.6. The minimum Gasteiger partial charge on any atom is -0.489 e. The molecule has 1 amide bonds. The summed E-state index contributed by atoms with van der Waals surface area (Å²) in [7, 11) is 0. The number of carbonyl (C=O) groups excluding carboxylic acids is 1. The van der Waals surface area contributed by atoms with Gasteiger partial charge in [-0.05, 0) is 43.3 Å². The number of benzene rings is 2. The highest BCUT2D eigenvalue weighted by atomic mass is 35.5. The molecule has 0 atom stereocenters. The minimum atomic E-state index is -0.356. The Kier molecular flexibility index (Phi) is 5.72. The van der Waals surface area contributed by atoms with Crippen LogP contribution in [0.15, 0.2) is 73.1 Å². The first-order valence-electron chi connectivity index (χ1n) is 9.21. The second-order valence-electron chi connectivity index (χ2n) is 6.54. The highest BCUT2D eigenvalue weighted by Gasteiger charge is 2.17. The first kappa shape index (κ1) is 19.6. The van der Waals surface area contributed by atoms with Crippen LogP contribution in [0, 0.1) is 6.92 Å². The van der Waals surface area contributed by atoms with Crippen LogP contribution in [-0.2, 0) is 6.61 Å². The zero-order valence-electron chi connectivity index (χ0n) is 16.1. The van der Waals surface area contributed by atoms with Gasteiger partial charge in [0.25, 0.3) is 5.91 Å². The average Bonchev–Trinajstić information content (AvgIpc) is 3.15. The van der Waals surface area contributed by atoms with Gasteiger partial charge in [0.15, 0.2) is 5.69 Å². The summed E-state index contributed by atoms with van der Waals surface area (Å²) in [6.07, 6.45) is 3.46. The smallest absolute Gasteiger partial charge is 0.278 e. The number of hydrogen-bond donors (Lipinski definition) is 1. The fourth-order valence-corrected chi connectivity index (χ4v) is 2.99. The van der Waals surface area contributed by atoms with E-state index in [2.05, 4.69) is 20.5 Å². The van der Waals surface area contributed by atoms with E-state index in [0.29, 0.717) is 34.4 Å². The second-order valence-corrected chi connectivity index (χ2v) is 6.97. The highest BCUT2D eigenvalue weighted by Crippen LogP contribution is 2.20. The van der Waals surface area contributed by atoms with Crippen molar-refractivity contribution in [3.8, 4) is 11.4 Å². The van der Waals surface area contributed by atoms with Crippen molar-refractivity contribution >= 4 is 23.2 Å². The van der Waals surface area contributed by atoms with Gasteiger partial charge >= 0.3 is 0 Å². The molecule has 0 saturated carbocycles. The number of nitrogens with zero attached hydrogens (tertiary/aromatic N) is 4. The molecular formula is C22H18ClN5O2. The quantitative estimate of drug-likeness (QED) is 0.499. The molecule has 4 rings (SSSR count). The average molecular weight is 420 g/mol. The number of aromatic nitrogens is 4. The Balaban J connectivity index is 1.46. The third-order valence-electron chi connectivity index (χ3n) is 4.26. The third-order valence-corrected chi connectivity index (χ3v) is 4.49. The number of pyridine rings is 1. The van der Waals surface area contributed by atoms with Crippen molar-refractivity contribution in [3.05, 3.63) is 95.0 Å². The fraction of sp³-hybridized carbons (Fsp3) is 0.0909. The van der Waals surface area contributed by atoms with Crippen molar-refractivity contribution in [1.82, 2.24) is 20.0 Å². The molecule has 30 heavy (non-hydrogen) atoms. The highest BCUT2D eigenvalue weighted by molar-refractivity contribution is 6.30. The van der Waals surface area contributed by atoms with Gasteiger partial charge in [0.05, 0.1) is 11.4 Å². The number of nitrogens with one attached hydrogen (secondary N) is 1. The fourth-order valence-electron chi connectivity index (χ4n) is 2.81. The van der Waals surface area contributed by atoms with Gasteiger partial charge in [-0.25, -0.2) is 0 Å². The zero-order valence-corrected chi connectivity index (χ0v) is 16.9. The summed E-state index contributed by atoms with van der Waals surface area (Å²) in [6, 6.07) is 18.1. The Bertz CT molecular complexity index is 1180. The lowest BCUT2D eigenvalue weighted by Crippen LogP contribution is -2.14. The van der Waals surface area contributed by atoms with E-state index >= 15 is 0 Å². The Morgan fingerprint density at radius 1 is 1.10 bits per heavy atom. The molecule has 0 radical (unpaired) electrons. The van der Waals surface area contributed by atoms with Crippen molar-refractivity contribution < 1.29 is 9.53 Å². The van der Waals surface area contributed by atoms with E-state index in [-0.39, 0.29) is 11.6 Å². The number of rotatable bonds is 6. The van der Waals surface area contributed by atoms with Crippen LogP contribution in [-0.4, -0.2) is 25.9 Å². The van der Waals surface area contributed by atoms with Crippen LogP contribution in [0.1, 0.15) is 21.7 Å². The van der Waals surface area contributed by atoms with Crippen LogP contribution in [0.5, 0.6) is 5.75 Å². The van der Waals surface area contributed by atoms with E-state index < -0.39 is 0 Å². The molecule has 2 aromatic carbocycles. The van der Waals surface area contributed by atoms with Crippen LogP contribution in [0.2, 0.25) is 5.02 Å². The van der Waals surface area contributed by atoms with Gasteiger partial charge in [0.1, 0.15) is 12.4 Å². The number of aryl methyl sites for hydroxylation is 1. The van der Waals surface area contributed by atoms with E-state index in [0.717, 1.165) is 5.56 Å². The number of carbonyl (C=O) groups is 1. The summed E-state index contributed by atoms with van der Waals surface area (Å²) in [4.78, 5) is 18.2. The molecular weight excluding hydrogens is 402 g/mol. The monoisotopic (exact) mass is 419 g/mol. The molecule has 4 aromatic rings. The van der Waals surface area contributed by atoms with E-state index in [9.17, 15) is 4.79 Å². The summed E-state index contributed by atoms with van der Waals surface area (Å²) >= 11 is 6.03. The van der Waals surface area contributed by atoms with Gasteiger partial charge in [-0.3, -0.25) is 9.78 Å². The molecule has 0 spiro atoms. The number of anilines is 1. The predicted molar refractivity (Wildman–Crippen MR) is 114 cm³/mol. The van der Waals surface area contributed by atoms with Crippen molar-refractivity contribution in [1.29, 1.82) is 0 Å². The van der Waals surface area contributed by atoms with Gasteiger partial charge in [0, 0.05) is 34.7 Å². The minimum absolute atomic E-state index is 0.233.